The van der Waals surface area contributed by atoms with Crippen molar-refractivity contribution in [2.45, 2.75) is 26.8 Å². The van der Waals surface area contributed by atoms with Crippen LogP contribution in [0.25, 0.3) is 10.2 Å². The summed E-state index contributed by atoms with van der Waals surface area (Å²) < 4.78 is 5.20. The predicted octanol–water partition coefficient (Wildman–Crippen LogP) is 2.15. The van der Waals surface area contributed by atoms with Gasteiger partial charge in [-0.3, -0.25) is 5.43 Å². The lowest BCUT2D eigenvalue weighted by atomic mass is 10.2. The summed E-state index contributed by atoms with van der Waals surface area (Å²) in [6, 6.07) is 2.44. The van der Waals surface area contributed by atoms with E-state index in [1.807, 2.05) is 0 Å². The van der Waals surface area contributed by atoms with Crippen LogP contribution < -0.4 is 16.2 Å². The lowest BCUT2D eigenvalue weighted by Crippen LogP contribution is -2.35. The molecule has 110 valence electrons. The number of aryl methyl sites for hydroxylation is 1. The zero-order chi connectivity index (χ0) is 14.7. The second kappa shape index (κ2) is 6.34. The third-order valence-corrected chi connectivity index (χ3v) is 4.00. The summed E-state index contributed by atoms with van der Waals surface area (Å²) in [5.74, 6) is 6.82. The molecule has 0 unspecified atom stereocenters. The molecule has 0 saturated heterocycles. The number of nitrogens with two attached hydrogens (primary N) is 1. The lowest BCUT2D eigenvalue weighted by Gasteiger charge is -2.28. The van der Waals surface area contributed by atoms with Crippen molar-refractivity contribution >= 4 is 33.3 Å². The highest BCUT2D eigenvalue weighted by atomic mass is 32.1. The first-order valence-corrected chi connectivity index (χ1v) is 7.38. The van der Waals surface area contributed by atoms with Gasteiger partial charge in [-0.2, -0.15) is 4.98 Å². The van der Waals surface area contributed by atoms with E-state index in [1.165, 1.54) is 4.88 Å². The molecule has 0 radical (unpaired) electrons. The van der Waals surface area contributed by atoms with Crippen molar-refractivity contribution in [2.75, 3.05) is 30.6 Å². The van der Waals surface area contributed by atoms with E-state index < -0.39 is 0 Å². The molecule has 0 atom stereocenters. The van der Waals surface area contributed by atoms with Crippen LogP contribution in [-0.4, -0.2) is 36.3 Å². The molecule has 0 fully saturated rings. The average Bonchev–Trinajstić information content (AvgIpc) is 2.78. The smallest absolute Gasteiger partial charge is 0.240 e. The van der Waals surface area contributed by atoms with Crippen LogP contribution in [0.15, 0.2) is 6.07 Å². The summed E-state index contributed by atoms with van der Waals surface area (Å²) >= 11 is 1.64. The van der Waals surface area contributed by atoms with E-state index in [0.29, 0.717) is 18.6 Å². The number of nitrogens with one attached hydrogen (secondary N) is 1. The van der Waals surface area contributed by atoms with Crippen LogP contribution in [0.5, 0.6) is 0 Å². The standard InChI is InChI=1S/C13H21N5OS/c1-8(2)18(5-6-19-4)11-10-7-9(3)20-12(10)16-13(15-11)17-14/h7-8H,5-6,14H2,1-4H3,(H,15,16,17). The molecule has 2 heterocycles. The number of methoxy groups -OCH3 is 1. The Morgan fingerprint density at radius 1 is 1.45 bits per heavy atom. The second-order valence-electron chi connectivity index (χ2n) is 4.87. The molecule has 0 saturated carbocycles. The van der Waals surface area contributed by atoms with Crippen molar-refractivity contribution in [3.63, 3.8) is 0 Å². The Kier molecular flexibility index (Phi) is 4.74. The number of ether oxygens (including phenoxy) is 1. The van der Waals surface area contributed by atoms with Crippen molar-refractivity contribution in [2.24, 2.45) is 5.84 Å². The van der Waals surface area contributed by atoms with Crippen LogP contribution in [-0.2, 0) is 4.74 Å². The molecule has 20 heavy (non-hydrogen) atoms. The van der Waals surface area contributed by atoms with E-state index in [2.05, 4.69) is 47.1 Å². The monoisotopic (exact) mass is 295 g/mol. The van der Waals surface area contributed by atoms with Crippen LogP contribution in [0.4, 0.5) is 11.8 Å². The summed E-state index contributed by atoms with van der Waals surface area (Å²) in [7, 11) is 1.70. The molecule has 7 heteroatoms. The van der Waals surface area contributed by atoms with E-state index in [4.69, 9.17) is 10.6 Å². The minimum Gasteiger partial charge on any atom is -0.383 e. The highest BCUT2D eigenvalue weighted by Crippen LogP contribution is 2.32. The fraction of sp³-hybridized carbons (Fsp3) is 0.538. The summed E-state index contributed by atoms with van der Waals surface area (Å²) in [4.78, 5) is 13.3. The van der Waals surface area contributed by atoms with Crippen LogP contribution >= 0.6 is 11.3 Å². The maximum atomic E-state index is 5.48. The minimum atomic E-state index is 0.314. The summed E-state index contributed by atoms with van der Waals surface area (Å²) in [5.41, 5.74) is 2.55. The average molecular weight is 295 g/mol. The van der Waals surface area contributed by atoms with Gasteiger partial charge in [0.15, 0.2) is 0 Å². The predicted molar refractivity (Wildman–Crippen MR) is 84.3 cm³/mol. The molecule has 6 nitrogen and oxygen atoms in total. The maximum Gasteiger partial charge on any atom is 0.240 e. The number of rotatable bonds is 6. The molecule has 0 spiro atoms. The lowest BCUT2D eigenvalue weighted by molar-refractivity contribution is 0.203. The summed E-state index contributed by atoms with van der Waals surface area (Å²) in [6.07, 6.45) is 0. The number of fused-ring (bicyclic) bond motifs is 1. The SMILES string of the molecule is COCCN(c1nc(NN)nc2sc(C)cc12)C(C)C. The van der Waals surface area contributed by atoms with Gasteiger partial charge in [-0.25, -0.2) is 10.8 Å². The topological polar surface area (TPSA) is 76.3 Å². The Hall–Kier alpha value is -1.44. The number of hydrogen-bond donors (Lipinski definition) is 2. The Balaban J connectivity index is 2.53. The number of hydrazine groups is 1. The van der Waals surface area contributed by atoms with Crippen LogP contribution in [0, 0.1) is 6.92 Å². The highest BCUT2D eigenvalue weighted by molar-refractivity contribution is 7.18. The van der Waals surface area contributed by atoms with Crippen molar-refractivity contribution in [1.29, 1.82) is 0 Å². The molecule has 0 aliphatic heterocycles. The third-order valence-electron chi connectivity index (χ3n) is 3.06. The van der Waals surface area contributed by atoms with Crippen molar-refractivity contribution in [3.05, 3.63) is 10.9 Å². The van der Waals surface area contributed by atoms with Crippen molar-refractivity contribution < 1.29 is 4.74 Å². The first-order chi connectivity index (χ1) is 9.56. The van der Waals surface area contributed by atoms with Crippen molar-refractivity contribution in [1.82, 2.24) is 9.97 Å². The molecule has 0 bridgehead atoms. The van der Waals surface area contributed by atoms with Gasteiger partial charge < -0.3 is 9.64 Å². The Labute approximate surface area is 122 Å². The van der Waals surface area contributed by atoms with Gasteiger partial charge in [-0.15, -0.1) is 11.3 Å². The molecule has 0 aliphatic carbocycles. The fourth-order valence-corrected chi connectivity index (χ4v) is 2.98. The normalized spacial score (nSPS) is 11.3. The molecule has 0 aliphatic rings. The number of nitrogens with zero attached hydrogens (tertiary/aromatic N) is 3. The number of hydrogen-bond acceptors (Lipinski definition) is 7. The van der Waals surface area contributed by atoms with Gasteiger partial charge in [0.1, 0.15) is 10.6 Å². The van der Waals surface area contributed by atoms with Gasteiger partial charge in [-0.05, 0) is 26.8 Å². The molecule has 2 aromatic rings. The van der Waals surface area contributed by atoms with E-state index in [0.717, 1.165) is 22.6 Å². The third kappa shape index (κ3) is 3.00. The highest BCUT2D eigenvalue weighted by Gasteiger charge is 2.18. The van der Waals surface area contributed by atoms with Crippen molar-refractivity contribution in [3.8, 4) is 0 Å². The molecule has 0 amide bonds. The summed E-state index contributed by atoms with van der Waals surface area (Å²) in [5, 5.41) is 1.07. The van der Waals surface area contributed by atoms with Crippen LogP contribution in [0.1, 0.15) is 18.7 Å². The quantitative estimate of drug-likeness (QED) is 0.628. The van der Waals surface area contributed by atoms with E-state index in [1.54, 1.807) is 18.4 Å². The largest absolute Gasteiger partial charge is 0.383 e. The number of anilines is 2. The van der Waals surface area contributed by atoms with Gasteiger partial charge in [0, 0.05) is 24.6 Å². The summed E-state index contributed by atoms with van der Waals surface area (Å²) in [6.45, 7) is 7.77. The maximum absolute atomic E-state index is 5.48. The molecular formula is C13H21N5OS. The second-order valence-corrected chi connectivity index (χ2v) is 6.11. The van der Waals surface area contributed by atoms with Gasteiger partial charge >= 0.3 is 0 Å². The molecular weight excluding hydrogens is 274 g/mol. The molecule has 0 aromatic carbocycles. The van der Waals surface area contributed by atoms with Crippen LogP contribution in [0.3, 0.4) is 0 Å². The molecule has 3 N–H and O–H groups in total. The Morgan fingerprint density at radius 2 is 2.20 bits per heavy atom. The Morgan fingerprint density at radius 3 is 2.80 bits per heavy atom. The molecule has 2 aromatic heterocycles. The van der Waals surface area contributed by atoms with Gasteiger partial charge in [-0.1, -0.05) is 0 Å². The van der Waals surface area contributed by atoms with Gasteiger partial charge in [0.25, 0.3) is 0 Å². The molecule has 2 rings (SSSR count). The van der Waals surface area contributed by atoms with E-state index >= 15 is 0 Å². The first kappa shape index (κ1) is 15.0. The number of aromatic nitrogens is 2. The number of nitrogen functional groups attached to an aromatic ring is 1. The first-order valence-electron chi connectivity index (χ1n) is 6.57. The Bertz CT molecular complexity index is 583. The van der Waals surface area contributed by atoms with E-state index in [-0.39, 0.29) is 0 Å². The zero-order valence-corrected chi connectivity index (χ0v) is 13.1. The fourth-order valence-electron chi connectivity index (χ4n) is 2.11. The minimum absolute atomic E-state index is 0.314. The number of thiophene rings is 1. The van der Waals surface area contributed by atoms with Gasteiger partial charge in [0.05, 0.1) is 12.0 Å². The zero-order valence-electron chi connectivity index (χ0n) is 12.3. The van der Waals surface area contributed by atoms with E-state index in [9.17, 15) is 0 Å². The van der Waals surface area contributed by atoms with Gasteiger partial charge in [0.2, 0.25) is 5.95 Å². The van der Waals surface area contributed by atoms with Crippen LogP contribution in [0.2, 0.25) is 0 Å².